The van der Waals surface area contributed by atoms with Gasteiger partial charge in [0.15, 0.2) is 11.9 Å². The summed E-state index contributed by atoms with van der Waals surface area (Å²) in [6, 6.07) is 10.2. The quantitative estimate of drug-likeness (QED) is 0.285. The SMILES string of the molecule is O=C(Cc1cncc(Cl)n1)C[N+]12CCC(CC1)[C@@H](OC(=O)C1(c3ccccc3)CCCCCC1)C2.[Br-]. The van der Waals surface area contributed by atoms with E-state index in [1.807, 2.05) is 18.2 Å². The van der Waals surface area contributed by atoms with Gasteiger partial charge in [-0.05, 0) is 18.4 Å². The Morgan fingerprint density at radius 3 is 2.39 bits per heavy atom. The third-order valence-electron chi connectivity index (χ3n) is 8.52. The van der Waals surface area contributed by atoms with Gasteiger partial charge in [-0.2, -0.15) is 0 Å². The summed E-state index contributed by atoms with van der Waals surface area (Å²) in [7, 11) is 0. The highest BCUT2D eigenvalue weighted by Crippen LogP contribution is 2.42. The van der Waals surface area contributed by atoms with Crippen molar-refractivity contribution in [3.63, 3.8) is 0 Å². The molecule has 4 heterocycles. The molecule has 1 aromatic heterocycles. The van der Waals surface area contributed by atoms with Crippen LogP contribution in [0.1, 0.15) is 62.6 Å². The third-order valence-corrected chi connectivity index (χ3v) is 8.70. The minimum atomic E-state index is -0.546. The lowest BCUT2D eigenvalue weighted by molar-refractivity contribution is -0.939. The summed E-state index contributed by atoms with van der Waals surface area (Å²) >= 11 is 5.94. The number of aromatic nitrogens is 2. The monoisotopic (exact) mass is 575 g/mol. The molecule has 1 aromatic carbocycles. The number of hydrogen-bond acceptors (Lipinski definition) is 5. The number of halogens is 2. The molecule has 1 atom stereocenters. The predicted molar refractivity (Wildman–Crippen MR) is 134 cm³/mol. The topological polar surface area (TPSA) is 69.2 Å². The molecule has 4 aliphatic rings. The first kappa shape index (κ1) is 27.2. The number of ether oxygens (including phenoxy) is 1. The van der Waals surface area contributed by atoms with Crippen LogP contribution in [0.3, 0.4) is 0 Å². The second-order valence-electron chi connectivity index (χ2n) is 10.8. The largest absolute Gasteiger partial charge is 1.00 e. The Kier molecular flexibility index (Phi) is 8.84. The molecule has 0 amide bonds. The van der Waals surface area contributed by atoms with Crippen LogP contribution in [0, 0.1) is 5.92 Å². The van der Waals surface area contributed by atoms with Gasteiger partial charge in [-0.3, -0.25) is 14.6 Å². The fourth-order valence-electron chi connectivity index (χ4n) is 6.62. The number of Topliss-reactive ketones (excluding diaryl/α,β-unsaturated/α-hetero) is 1. The van der Waals surface area contributed by atoms with Gasteiger partial charge >= 0.3 is 5.97 Å². The Bertz CT molecular complexity index is 1050. The molecule has 8 heteroatoms. The molecule has 6 nitrogen and oxygen atoms in total. The van der Waals surface area contributed by atoms with Crippen LogP contribution in [0.25, 0.3) is 0 Å². The highest BCUT2D eigenvalue weighted by Gasteiger charge is 2.50. The van der Waals surface area contributed by atoms with Crippen LogP contribution in [0.4, 0.5) is 0 Å². The van der Waals surface area contributed by atoms with Crippen molar-refractivity contribution < 1.29 is 35.8 Å². The zero-order valence-corrected chi connectivity index (χ0v) is 23.1. The molecule has 3 aliphatic heterocycles. The number of quaternary nitrogens is 1. The average Bonchev–Trinajstić information content (AvgIpc) is 3.12. The molecule has 194 valence electrons. The van der Waals surface area contributed by atoms with E-state index in [2.05, 4.69) is 22.1 Å². The number of piperidine rings is 3. The zero-order chi connectivity index (χ0) is 24.3. The van der Waals surface area contributed by atoms with Gasteiger partial charge in [-0.1, -0.05) is 67.6 Å². The number of benzene rings is 1. The molecule has 4 fully saturated rings. The molecule has 0 radical (unpaired) electrons. The number of carbonyl (C=O) groups excluding carboxylic acids is 2. The van der Waals surface area contributed by atoms with Gasteiger partial charge in [-0.15, -0.1) is 0 Å². The summed E-state index contributed by atoms with van der Waals surface area (Å²) in [6.07, 6.45) is 11.4. The van der Waals surface area contributed by atoms with Crippen LogP contribution >= 0.6 is 11.6 Å². The predicted octanol–water partition coefficient (Wildman–Crippen LogP) is 1.69. The lowest BCUT2D eigenvalue weighted by Crippen LogP contribution is -3.00. The second-order valence-corrected chi connectivity index (χ2v) is 11.2. The van der Waals surface area contributed by atoms with Gasteiger partial charge in [0.05, 0.1) is 36.8 Å². The van der Waals surface area contributed by atoms with Crippen LogP contribution in [-0.4, -0.2) is 58.5 Å². The molecular formula is C28H35BrClN3O3. The number of esters is 1. The van der Waals surface area contributed by atoms with Crippen molar-refractivity contribution in [2.45, 2.75) is 69.3 Å². The van der Waals surface area contributed by atoms with E-state index in [1.54, 1.807) is 6.20 Å². The van der Waals surface area contributed by atoms with Gasteiger partial charge in [0.25, 0.3) is 0 Å². The standard InChI is InChI=1S/C28H35ClN3O3.BrH/c29-26-18-30-17-23(31-26)16-24(33)19-32-14-10-21(11-15-32)25(20-32)35-27(34)28(12-6-1-2-7-13-28)22-8-4-3-5-9-22;/h3-5,8-9,17-18,21,25H,1-2,6-7,10-16,19-20H2;1H/q+1;/p-1/t21?,25-,32?;/m0./s1. The average molecular weight is 577 g/mol. The Morgan fingerprint density at radius 1 is 1.03 bits per heavy atom. The molecule has 0 spiro atoms. The number of carbonyl (C=O) groups is 2. The number of hydrogen-bond donors (Lipinski definition) is 0. The van der Waals surface area contributed by atoms with Gasteiger partial charge in [0, 0.05) is 25.0 Å². The van der Waals surface area contributed by atoms with E-state index in [1.165, 1.54) is 19.0 Å². The molecule has 0 unspecified atom stereocenters. The number of nitrogens with zero attached hydrogens (tertiary/aromatic N) is 3. The summed E-state index contributed by atoms with van der Waals surface area (Å²) in [6.45, 7) is 3.11. The van der Waals surface area contributed by atoms with Crippen molar-refractivity contribution in [2.75, 3.05) is 26.2 Å². The van der Waals surface area contributed by atoms with Crippen molar-refractivity contribution in [3.05, 3.63) is 59.1 Å². The Labute approximate surface area is 229 Å². The summed E-state index contributed by atoms with van der Waals surface area (Å²) in [5.41, 5.74) is 1.15. The first-order valence-electron chi connectivity index (χ1n) is 13.1. The molecule has 6 rings (SSSR count). The van der Waals surface area contributed by atoms with Crippen LogP contribution in [0.2, 0.25) is 5.15 Å². The lowest BCUT2D eigenvalue weighted by atomic mass is 9.74. The number of fused-ring (bicyclic) bond motifs is 3. The number of rotatable bonds is 7. The fraction of sp³-hybridized carbons (Fsp3) is 0.571. The summed E-state index contributed by atoms with van der Waals surface area (Å²) < 4.78 is 7.12. The van der Waals surface area contributed by atoms with Crippen molar-refractivity contribution in [3.8, 4) is 0 Å². The first-order valence-corrected chi connectivity index (χ1v) is 13.5. The Balaban J connectivity index is 0.00000304. The maximum Gasteiger partial charge on any atom is 0.317 e. The Morgan fingerprint density at radius 2 is 1.72 bits per heavy atom. The van der Waals surface area contributed by atoms with Gasteiger partial charge < -0.3 is 26.2 Å². The van der Waals surface area contributed by atoms with Gasteiger partial charge in [0.2, 0.25) is 0 Å². The minimum Gasteiger partial charge on any atom is -1.00 e. The van der Waals surface area contributed by atoms with E-state index >= 15 is 0 Å². The Hall–Kier alpha value is -1.83. The lowest BCUT2D eigenvalue weighted by Gasteiger charge is -2.52. The van der Waals surface area contributed by atoms with Crippen molar-refractivity contribution in [2.24, 2.45) is 5.92 Å². The fourth-order valence-corrected chi connectivity index (χ4v) is 6.79. The van der Waals surface area contributed by atoms with Crippen molar-refractivity contribution >= 4 is 23.4 Å². The second kappa shape index (κ2) is 11.7. The van der Waals surface area contributed by atoms with E-state index in [-0.39, 0.29) is 41.3 Å². The highest BCUT2D eigenvalue weighted by molar-refractivity contribution is 6.29. The maximum absolute atomic E-state index is 13.9. The number of ketones is 1. The maximum atomic E-state index is 13.9. The molecular weight excluding hydrogens is 542 g/mol. The highest BCUT2D eigenvalue weighted by atomic mass is 79.9. The first-order chi connectivity index (χ1) is 17.0. The van der Waals surface area contributed by atoms with Gasteiger partial charge in [-0.25, -0.2) is 4.98 Å². The zero-order valence-electron chi connectivity index (χ0n) is 20.7. The van der Waals surface area contributed by atoms with E-state index in [4.69, 9.17) is 16.3 Å². The molecule has 36 heavy (non-hydrogen) atoms. The molecule has 2 bridgehead atoms. The van der Waals surface area contributed by atoms with Crippen molar-refractivity contribution in [1.29, 1.82) is 0 Å². The molecule has 1 saturated carbocycles. The summed E-state index contributed by atoms with van der Waals surface area (Å²) in [4.78, 5) is 35.2. The van der Waals surface area contributed by atoms with Crippen LogP contribution in [0.5, 0.6) is 0 Å². The summed E-state index contributed by atoms with van der Waals surface area (Å²) in [5, 5.41) is 0.305. The molecule has 0 N–H and O–H groups in total. The van der Waals surface area contributed by atoms with E-state index < -0.39 is 5.41 Å². The van der Waals surface area contributed by atoms with Crippen molar-refractivity contribution in [1.82, 2.24) is 9.97 Å². The van der Waals surface area contributed by atoms with E-state index in [9.17, 15) is 9.59 Å². The molecule has 2 aromatic rings. The summed E-state index contributed by atoms with van der Waals surface area (Å²) in [5.74, 6) is 0.478. The minimum absolute atomic E-state index is 0. The van der Waals surface area contributed by atoms with Crippen LogP contribution in [0.15, 0.2) is 42.7 Å². The van der Waals surface area contributed by atoms with E-state index in [0.717, 1.165) is 63.7 Å². The smallest absolute Gasteiger partial charge is 0.317 e. The van der Waals surface area contributed by atoms with Gasteiger partial charge in [0.1, 0.15) is 18.2 Å². The third kappa shape index (κ3) is 5.84. The van der Waals surface area contributed by atoms with Crippen LogP contribution in [-0.2, 0) is 26.2 Å². The van der Waals surface area contributed by atoms with E-state index in [0.29, 0.717) is 27.8 Å². The van der Waals surface area contributed by atoms with Crippen LogP contribution < -0.4 is 17.0 Å². The normalized spacial score (nSPS) is 26.9. The molecule has 3 saturated heterocycles. The molecule has 1 aliphatic carbocycles.